The number of nitrogens with one attached hydrogen (secondary N) is 1. The van der Waals surface area contributed by atoms with Crippen molar-refractivity contribution >= 4 is 21.4 Å². The van der Waals surface area contributed by atoms with Gasteiger partial charge in [0.25, 0.3) is 0 Å². The summed E-state index contributed by atoms with van der Waals surface area (Å²) in [6, 6.07) is 1.49. The summed E-state index contributed by atoms with van der Waals surface area (Å²) < 4.78 is 26.1. The Morgan fingerprint density at radius 3 is 2.67 bits per heavy atom. The molecule has 2 N–H and O–H groups in total. The molecule has 4 nitrogen and oxygen atoms in total. The Morgan fingerprint density at radius 2 is 2.20 bits per heavy atom. The van der Waals surface area contributed by atoms with Gasteiger partial charge in [0.15, 0.2) is 0 Å². The Hall–Kier alpha value is -0.430. The highest BCUT2D eigenvalue weighted by molar-refractivity contribution is 7.91. The molecule has 0 saturated carbocycles. The van der Waals surface area contributed by atoms with Crippen LogP contribution in [0.1, 0.15) is 19.4 Å². The van der Waals surface area contributed by atoms with Crippen LogP contribution in [0.15, 0.2) is 15.7 Å². The van der Waals surface area contributed by atoms with Crippen LogP contribution in [0.4, 0.5) is 0 Å². The fraction of sp³-hybridized carbons (Fsp3) is 0.556. The maximum absolute atomic E-state index is 11.7. The summed E-state index contributed by atoms with van der Waals surface area (Å²) in [5.74, 6) is 0.275. The minimum absolute atomic E-state index is 0.129. The third-order valence-electron chi connectivity index (χ3n) is 1.76. The summed E-state index contributed by atoms with van der Waals surface area (Å²) in [6.07, 6.45) is 0. The van der Waals surface area contributed by atoms with Gasteiger partial charge in [-0.15, -0.1) is 11.3 Å². The first kappa shape index (κ1) is 12.6. The number of rotatable bonds is 5. The second-order valence-corrected chi connectivity index (χ2v) is 6.58. The van der Waals surface area contributed by atoms with E-state index in [9.17, 15) is 8.42 Å². The summed E-state index contributed by atoms with van der Waals surface area (Å²) in [6.45, 7) is 4.18. The molecule has 0 amide bonds. The van der Waals surface area contributed by atoms with Crippen molar-refractivity contribution in [3.8, 4) is 0 Å². The Balaban J connectivity index is 2.77. The molecule has 15 heavy (non-hydrogen) atoms. The van der Waals surface area contributed by atoms with Crippen LogP contribution < -0.4 is 4.72 Å². The highest BCUT2D eigenvalue weighted by Gasteiger charge is 2.16. The lowest BCUT2D eigenvalue weighted by Gasteiger charge is -2.06. The fourth-order valence-corrected chi connectivity index (χ4v) is 3.38. The molecule has 0 fully saturated rings. The minimum Gasteiger partial charge on any atom is -0.392 e. The van der Waals surface area contributed by atoms with E-state index in [1.807, 2.05) is 13.8 Å². The number of hydrogen-bond donors (Lipinski definition) is 2. The lowest BCUT2D eigenvalue weighted by atomic mass is 10.2. The largest absolute Gasteiger partial charge is 0.392 e. The molecule has 0 aliphatic carbocycles. The second kappa shape index (κ2) is 5.07. The van der Waals surface area contributed by atoms with E-state index in [0.717, 1.165) is 11.3 Å². The SMILES string of the molecule is CC(C)CNS(=O)(=O)c1cc(CO)cs1. The van der Waals surface area contributed by atoms with E-state index in [0.29, 0.717) is 12.1 Å². The molecule has 0 bridgehead atoms. The van der Waals surface area contributed by atoms with Crippen LogP contribution in [0.2, 0.25) is 0 Å². The zero-order valence-electron chi connectivity index (χ0n) is 8.73. The standard InChI is InChI=1S/C9H15NO3S2/c1-7(2)4-10-15(12,13)9-3-8(5-11)6-14-9/h3,6-7,10-11H,4-5H2,1-2H3. The van der Waals surface area contributed by atoms with Gasteiger partial charge in [-0.1, -0.05) is 13.8 Å². The van der Waals surface area contributed by atoms with E-state index in [2.05, 4.69) is 4.72 Å². The van der Waals surface area contributed by atoms with Crippen LogP contribution in [0.3, 0.4) is 0 Å². The van der Waals surface area contributed by atoms with Gasteiger partial charge in [0.1, 0.15) is 4.21 Å². The molecule has 86 valence electrons. The Labute approximate surface area is 94.0 Å². The smallest absolute Gasteiger partial charge is 0.250 e. The number of hydrogen-bond acceptors (Lipinski definition) is 4. The zero-order valence-corrected chi connectivity index (χ0v) is 10.4. The fourth-order valence-electron chi connectivity index (χ4n) is 0.925. The topological polar surface area (TPSA) is 66.4 Å². The van der Waals surface area contributed by atoms with Gasteiger partial charge in [0.2, 0.25) is 10.0 Å². The van der Waals surface area contributed by atoms with E-state index in [4.69, 9.17) is 5.11 Å². The van der Waals surface area contributed by atoms with Crippen LogP contribution in [-0.4, -0.2) is 20.1 Å². The van der Waals surface area contributed by atoms with Crippen LogP contribution >= 0.6 is 11.3 Å². The Kier molecular flexibility index (Phi) is 4.27. The average Bonchev–Trinajstić information content (AvgIpc) is 2.63. The van der Waals surface area contributed by atoms with Crippen molar-refractivity contribution in [2.75, 3.05) is 6.54 Å². The molecule has 1 aromatic heterocycles. The molecule has 1 aromatic rings. The highest BCUT2D eigenvalue weighted by Crippen LogP contribution is 2.19. The summed E-state index contributed by atoms with van der Waals surface area (Å²) in [7, 11) is -3.39. The van der Waals surface area contributed by atoms with Crippen LogP contribution in [0.25, 0.3) is 0 Å². The van der Waals surface area contributed by atoms with Crippen molar-refractivity contribution in [2.45, 2.75) is 24.7 Å². The number of aliphatic hydroxyl groups is 1. The molecular weight excluding hydrogens is 234 g/mol. The number of sulfonamides is 1. The van der Waals surface area contributed by atoms with E-state index >= 15 is 0 Å². The second-order valence-electron chi connectivity index (χ2n) is 3.68. The van der Waals surface area contributed by atoms with Crippen molar-refractivity contribution in [3.63, 3.8) is 0 Å². The molecule has 0 aliphatic rings. The predicted octanol–water partition coefficient (Wildman–Crippen LogP) is 1.17. The van der Waals surface area contributed by atoms with Crippen LogP contribution in [0.5, 0.6) is 0 Å². The van der Waals surface area contributed by atoms with Gasteiger partial charge < -0.3 is 5.11 Å². The van der Waals surface area contributed by atoms with E-state index in [1.54, 1.807) is 5.38 Å². The zero-order chi connectivity index (χ0) is 11.5. The molecule has 0 atom stereocenters. The summed E-state index contributed by atoms with van der Waals surface area (Å²) >= 11 is 1.12. The molecular formula is C9H15NO3S2. The summed E-state index contributed by atoms with van der Waals surface area (Å²) in [5, 5.41) is 10.5. The van der Waals surface area contributed by atoms with Crippen LogP contribution in [0, 0.1) is 5.92 Å². The Bertz CT molecular complexity index is 409. The molecule has 1 heterocycles. The molecule has 0 saturated heterocycles. The molecule has 6 heteroatoms. The van der Waals surface area contributed by atoms with Crippen LogP contribution in [-0.2, 0) is 16.6 Å². The lowest BCUT2D eigenvalue weighted by Crippen LogP contribution is -2.26. The Morgan fingerprint density at radius 1 is 1.53 bits per heavy atom. The first-order valence-electron chi connectivity index (χ1n) is 4.63. The van der Waals surface area contributed by atoms with Gasteiger partial charge in [-0.25, -0.2) is 13.1 Å². The van der Waals surface area contributed by atoms with Crippen molar-refractivity contribution in [1.29, 1.82) is 0 Å². The van der Waals surface area contributed by atoms with Crippen molar-refractivity contribution in [1.82, 2.24) is 4.72 Å². The molecule has 0 aliphatic heterocycles. The first-order valence-corrected chi connectivity index (χ1v) is 7.00. The monoisotopic (exact) mass is 249 g/mol. The molecule has 0 aromatic carbocycles. The summed E-state index contributed by atoms with van der Waals surface area (Å²) in [5.41, 5.74) is 0.630. The van der Waals surface area contributed by atoms with E-state index in [1.165, 1.54) is 6.07 Å². The number of aliphatic hydroxyl groups excluding tert-OH is 1. The maximum atomic E-state index is 11.7. The third-order valence-corrected chi connectivity index (χ3v) is 4.67. The predicted molar refractivity (Wildman–Crippen MR) is 60.3 cm³/mol. The van der Waals surface area contributed by atoms with Gasteiger partial charge in [-0.2, -0.15) is 0 Å². The summed E-state index contributed by atoms with van der Waals surface area (Å²) in [4.78, 5) is 0. The van der Waals surface area contributed by atoms with Gasteiger partial charge >= 0.3 is 0 Å². The third kappa shape index (κ3) is 3.57. The van der Waals surface area contributed by atoms with Crippen molar-refractivity contribution < 1.29 is 13.5 Å². The molecule has 0 unspecified atom stereocenters. The van der Waals surface area contributed by atoms with Crippen molar-refractivity contribution in [2.24, 2.45) is 5.92 Å². The van der Waals surface area contributed by atoms with Gasteiger partial charge in [0, 0.05) is 6.54 Å². The maximum Gasteiger partial charge on any atom is 0.250 e. The van der Waals surface area contributed by atoms with E-state index < -0.39 is 10.0 Å². The number of thiophene rings is 1. The molecule has 1 rings (SSSR count). The average molecular weight is 249 g/mol. The lowest BCUT2D eigenvalue weighted by molar-refractivity contribution is 0.282. The minimum atomic E-state index is -3.39. The molecule has 0 radical (unpaired) electrons. The van der Waals surface area contributed by atoms with Gasteiger partial charge in [0.05, 0.1) is 6.61 Å². The van der Waals surface area contributed by atoms with E-state index in [-0.39, 0.29) is 16.7 Å². The first-order chi connectivity index (χ1) is 6.95. The normalized spacial score (nSPS) is 12.3. The quantitative estimate of drug-likeness (QED) is 0.823. The highest BCUT2D eigenvalue weighted by atomic mass is 32.2. The van der Waals surface area contributed by atoms with Crippen molar-refractivity contribution in [3.05, 3.63) is 17.0 Å². The molecule has 0 spiro atoms. The van der Waals surface area contributed by atoms with Gasteiger partial charge in [-0.05, 0) is 22.9 Å². The van der Waals surface area contributed by atoms with Gasteiger partial charge in [-0.3, -0.25) is 0 Å².